The lowest BCUT2D eigenvalue weighted by Crippen LogP contribution is -2.61. The van der Waals surface area contributed by atoms with E-state index >= 15 is 0 Å². The Morgan fingerprint density at radius 2 is 1.46 bits per heavy atom. The minimum atomic E-state index is -3.81. The smallest absolute Gasteiger partial charge is 0.329 e. The highest BCUT2D eigenvalue weighted by molar-refractivity contribution is 4.87. The topological polar surface area (TPSA) is 18.5 Å². The molecule has 1 rings (SSSR count). The van der Waals surface area contributed by atoms with Gasteiger partial charge in [-0.25, -0.2) is 8.78 Å². The first-order chi connectivity index (χ1) is 5.58. The van der Waals surface area contributed by atoms with Gasteiger partial charge in [-0.05, 0) is 6.92 Å². The molecule has 3 atom stereocenters. The van der Waals surface area contributed by atoms with Gasteiger partial charge in [0.1, 0.15) is 6.10 Å². The third kappa shape index (κ3) is 1.65. The van der Waals surface area contributed by atoms with Gasteiger partial charge in [-0.15, -0.1) is 0 Å². The van der Waals surface area contributed by atoms with Crippen LogP contribution in [0, 0.1) is 0 Å². The van der Waals surface area contributed by atoms with Crippen LogP contribution in [0.25, 0.3) is 0 Å². The molecule has 2 nitrogen and oxygen atoms in total. The first-order valence-corrected chi connectivity index (χ1v) is 3.72. The Labute approximate surface area is 72.8 Å². The largest absolute Gasteiger partial charge is 0.384 e. The molecule has 0 N–H and O–H groups in total. The molecule has 1 aliphatic heterocycles. The molecule has 0 bridgehead atoms. The van der Waals surface area contributed by atoms with Crippen LogP contribution >= 0.6 is 0 Å². The van der Waals surface area contributed by atoms with E-state index in [2.05, 4.69) is 9.47 Å². The molecule has 0 aromatic rings. The van der Waals surface area contributed by atoms with Gasteiger partial charge in [-0.2, -0.15) is 8.78 Å². The van der Waals surface area contributed by atoms with Crippen LogP contribution in [-0.4, -0.2) is 23.9 Å². The first kappa shape index (κ1) is 10.7. The zero-order valence-corrected chi connectivity index (χ0v) is 7.41. The predicted octanol–water partition coefficient (Wildman–Crippen LogP) is 2.39. The van der Waals surface area contributed by atoms with E-state index in [0.717, 1.165) is 6.92 Å². The van der Waals surface area contributed by atoms with Crippen LogP contribution in [0.15, 0.2) is 0 Å². The standard InChI is InChI=1S/C7H10F4O2/c1-4-7(10,11)13-6(3,9)5(2,8)12-4/h4H,1-3H3. The Kier molecular flexibility index (Phi) is 2.12. The van der Waals surface area contributed by atoms with Gasteiger partial charge in [0, 0.05) is 13.8 Å². The van der Waals surface area contributed by atoms with E-state index in [1.54, 1.807) is 0 Å². The van der Waals surface area contributed by atoms with E-state index in [4.69, 9.17) is 0 Å². The Bertz CT molecular complexity index is 215. The average Bonchev–Trinajstić information content (AvgIpc) is 1.80. The van der Waals surface area contributed by atoms with Crippen molar-refractivity contribution in [2.75, 3.05) is 0 Å². The van der Waals surface area contributed by atoms with Gasteiger partial charge >= 0.3 is 6.11 Å². The van der Waals surface area contributed by atoms with Crippen molar-refractivity contribution in [3.63, 3.8) is 0 Å². The second-order valence-corrected chi connectivity index (χ2v) is 3.26. The van der Waals surface area contributed by atoms with Crippen molar-refractivity contribution in [1.82, 2.24) is 0 Å². The summed E-state index contributed by atoms with van der Waals surface area (Å²) in [6.07, 6.45) is -5.62. The number of hydrogen-bond acceptors (Lipinski definition) is 2. The quantitative estimate of drug-likeness (QED) is 0.561. The molecular formula is C7H10F4O2. The molecule has 0 aliphatic carbocycles. The van der Waals surface area contributed by atoms with Crippen molar-refractivity contribution in [2.24, 2.45) is 0 Å². The minimum absolute atomic E-state index is 0.562. The monoisotopic (exact) mass is 202 g/mol. The van der Waals surface area contributed by atoms with Crippen LogP contribution in [0.3, 0.4) is 0 Å². The van der Waals surface area contributed by atoms with Crippen LogP contribution in [0.5, 0.6) is 0 Å². The van der Waals surface area contributed by atoms with Gasteiger partial charge in [-0.3, -0.25) is 4.74 Å². The zero-order valence-electron chi connectivity index (χ0n) is 7.41. The van der Waals surface area contributed by atoms with Crippen molar-refractivity contribution in [3.8, 4) is 0 Å². The van der Waals surface area contributed by atoms with Gasteiger partial charge in [0.15, 0.2) is 0 Å². The van der Waals surface area contributed by atoms with Crippen LogP contribution in [0.1, 0.15) is 20.8 Å². The molecule has 1 heterocycles. The molecule has 0 radical (unpaired) electrons. The zero-order chi connectivity index (χ0) is 10.5. The molecule has 0 aromatic carbocycles. The summed E-state index contributed by atoms with van der Waals surface area (Å²) in [5.74, 6) is -6.02. The van der Waals surface area contributed by atoms with Gasteiger partial charge in [0.25, 0.3) is 11.7 Å². The second kappa shape index (κ2) is 2.57. The summed E-state index contributed by atoms with van der Waals surface area (Å²) in [5, 5.41) is 0. The van der Waals surface area contributed by atoms with Crippen molar-refractivity contribution in [3.05, 3.63) is 0 Å². The number of halogens is 4. The van der Waals surface area contributed by atoms with Crippen LogP contribution in [-0.2, 0) is 9.47 Å². The van der Waals surface area contributed by atoms with Crippen molar-refractivity contribution < 1.29 is 27.0 Å². The summed E-state index contributed by atoms with van der Waals surface area (Å²) in [7, 11) is 0. The molecule has 0 saturated carbocycles. The molecule has 13 heavy (non-hydrogen) atoms. The highest BCUT2D eigenvalue weighted by atomic mass is 19.3. The van der Waals surface area contributed by atoms with Gasteiger partial charge in [0.2, 0.25) is 0 Å². The number of alkyl halides is 4. The lowest BCUT2D eigenvalue weighted by Gasteiger charge is -2.44. The van der Waals surface area contributed by atoms with Gasteiger partial charge < -0.3 is 4.74 Å². The molecule has 1 saturated heterocycles. The third-order valence-corrected chi connectivity index (χ3v) is 2.00. The summed E-state index contributed by atoms with van der Waals surface area (Å²) < 4.78 is 59.5. The fraction of sp³-hybridized carbons (Fsp3) is 1.00. The highest BCUT2D eigenvalue weighted by Gasteiger charge is 2.63. The van der Waals surface area contributed by atoms with Crippen LogP contribution in [0.2, 0.25) is 0 Å². The maximum absolute atomic E-state index is 13.2. The summed E-state index contributed by atoms with van der Waals surface area (Å²) >= 11 is 0. The molecule has 3 unspecified atom stereocenters. The van der Waals surface area contributed by atoms with E-state index in [1.807, 2.05) is 0 Å². The van der Waals surface area contributed by atoms with E-state index in [9.17, 15) is 17.6 Å². The number of rotatable bonds is 0. The molecule has 6 heteroatoms. The fourth-order valence-corrected chi connectivity index (χ4v) is 0.936. The fourth-order valence-electron chi connectivity index (χ4n) is 0.936. The maximum atomic E-state index is 13.2. The van der Waals surface area contributed by atoms with E-state index in [0.29, 0.717) is 13.8 Å². The van der Waals surface area contributed by atoms with Gasteiger partial charge in [0.05, 0.1) is 0 Å². The molecule has 0 aromatic heterocycles. The first-order valence-electron chi connectivity index (χ1n) is 3.72. The lowest BCUT2D eigenvalue weighted by molar-refractivity contribution is -0.475. The summed E-state index contributed by atoms with van der Waals surface area (Å²) in [6.45, 7) is 2.18. The van der Waals surface area contributed by atoms with Crippen molar-refractivity contribution in [2.45, 2.75) is 44.7 Å². The van der Waals surface area contributed by atoms with E-state index in [-0.39, 0.29) is 0 Å². The van der Waals surface area contributed by atoms with Crippen LogP contribution in [0.4, 0.5) is 17.6 Å². The predicted molar refractivity (Wildman–Crippen MR) is 35.6 cm³/mol. The average molecular weight is 202 g/mol. The summed E-state index contributed by atoms with van der Waals surface area (Å²) in [5.41, 5.74) is 0. The Morgan fingerprint density at radius 3 is 1.85 bits per heavy atom. The minimum Gasteiger partial charge on any atom is -0.329 e. The second-order valence-electron chi connectivity index (χ2n) is 3.26. The molecule has 1 aliphatic rings. The molecule has 0 amide bonds. The molecule has 0 spiro atoms. The highest BCUT2D eigenvalue weighted by Crippen LogP contribution is 2.45. The van der Waals surface area contributed by atoms with Gasteiger partial charge in [-0.1, -0.05) is 0 Å². The summed E-state index contributed by atoms with van der Waals surface area (Å²) in [4.78, 5) is 0. The molecule has 78 valence electrons. The maximum Gasteiger partial charge on any atom is 0.384 e. The third-order valence-electron chi connectivity index (χ3n) is 2.00. The number of hydrogen-bond donors (Lipinski definition) is 0. The normalized spacial score (nSPS) is 50.5. The van der Waals surface area contributed by atoms with Crippen molar-refractivity contribution >= 4 is 0 Å². The Balaban J connectivity index is 2.93. The Morgan fingerprint density at radius 1 is 1.00 bits per heavy atom. The van der Waals surface area contributed by atoms with Crippen LogP contribution < -0.4 is 0 Å². The van der Waals surface area contributed by atoms with Crippen molar-refractivity contribution in [1.29, 1.82) is 0 Å². The molecular weight excluding hydrogens is 192 g/mol. The Hall–Kier alpha value is -0.360. The number of ether oxygens (including phenoxy) is 2. The lowest BCUT2D eigenvalue weighted by atomic mass is 10.1. The molecule has 1 fully saturated rings. The summed E-state index contributed by atoms with van der Waals surface area (Å²) in [6, 6.07) is 0. The van der Waals surface area contributed by atoms with E-state index in [1.165, 1.54) is 0 Å². The van der Waals surface area contributed by atoms with E-state index < -0.39 is 23.9 Å². The SMILES string of the molecule is CC1OC(C)(F)C(C)(F)OC1(F)F.